The molecular formula is C14H12ClFN2O2. The van der Waals surface area contributed by atoms with Gasteiger partial charge >= 0.3 is 5.97 Å². The van der Waals surface area contributed by atoms with Crippen LogP contribution in [0.3, 0.4) is 0 Å². The van der Waals surface area contributed by atoms with Crippen LogP contribution in [-0.4, -0.2) is 20.6 Å². The van der Waals surface area contributed by atoms with Crippen molar-refractivity contribution in [3.63, 3.8) is 0 Å². The van der Waals surface area contributed by atoms with E-state index in [0.717, 1.165) is 12.1 Å². The summed E-state index contributed by atoms with van der Waals surface area (Å²) in [5, 5.41) is 9.69. The van der Waals surface area contributed by atoms with E-state index in [9.17, 15) is 14.3 Å². The van der Waals surface area contributed by atoms with Gasteiger partial charge in [0.15, 0.2) is 5.15 Å². The Labute approximate surface area is 119 Å². The zero-order chi connectivity index (χ0) is 14.3. The van der Waals surface area contributed by atoms with Crippen molar-refractivity contribution in [2.45, 2.75) is 25.3 Å². The Morgan fingerprint density at radius 1 is 1.40 bits per heavy atom. The molecule has 0 saturated heterocycles. The standard InChI is InChI=1S/C14H12ClFN2O2/c15-12-10-2-1-3-11(14(19)20)18(10)13(17-12)8-4-6-9(16)7-5-8/h4-7,11H,1-3H2,(H,19,20). The lowest BCUT2D eigenvalue weighted by atomic mass is 10.0. The molecule has 0 spiro atoms. The zero-order valence-electron chi connectivity index (χ0n) is 10.5. The lowest BCUT2D eigenvalue weighted by Gasteiger charge is -2.24. The Hall–Kier alpha value is -1.88. The van der Waals surface area contributed by atoms with Crippen molar-refractivity contribution in [1.29, 1.82) is 0 Å². The highest BCUT2D eigenvalue weighted by atomic mass is 35.5. The maximum Gasteiger partial charge on any atom is 0.326 e. The van der Waals surface area contributed by atoms with E-state index in [4.69, 9.17) is 11.6 Å². The number of aliphatic carboxylic acids is 1. The molecule has 20 heavy (non-hydrogen) atoms. The molecule has 1 unspecified atom stereocenters. The molecule has 0 fully saturated rings. The number of nitrogens with zero attached hydrogens (tertiary/aromatic N) is 2. The summed E-state index contributed by atoms with van der Waals surface area (Å²) in [5.41, 5.74) is 1.40. The predicted molar refractivity (Wildman–Crippen MR) is 72.2 cm³/mol. The monoisotopic (exact) mass is 294 g/mol. The summed E-state index contributed by atoms with van der Waals surface area (Å²) >= 11 is 6.12. The van der Waals surface area contributed by atoms with Gasteiger partial charge in [0.2, 0.25) is 0 Å². The van der Waals surface area contributed by atoms with Gasteiger partial charge in [0, 0.05) is 5.56 Å². The molecule has 1 N–H and O–H groups in total. The predicted octanol–water partition coefficient (Wildman–Crippen LogP) is 3.30. The van der Waals surface area contributed by atoms with E-state index in [2.05, 4.69) is 4.98 Å². The average molecular weight is 295 g/mol. The number of halogens is 2. The molecule has 1 aliphatic rings. The van der Waals surface area contributed by atoms with Crippen LogP contribution in [0.15, 0.2) is 24.3 Å². The average Bonchev–Trinajstić information content (AvgIpc) is 2.77. The molecule has 1 atom stereocenters. The minimum Gasteiger partial charge on any atom is -0.480 e. The van der Waals surface area contributed by atoms with Crippen molar-refractivity contribution in [1.82, 2.24) is 9.55 Å². The van der Waals surface area contributed by atoms with Crippen molar-refractivity contribution in [2.24, 2.45) is 0 Å². The van der Waals surface area contributed by atoms with Gasteiger partial charge in [-0.25, -0.2) is 14.2 Å². The minimum absolute atomic E-state index is 0.329. The molecular weight excluding hydrogens is 283 g/mol. The summed E-state index contributed by atoms with van der Waals surface area (Å²) in [6.45, 7) is 0. The summed E-state index contributed by atoms with van der Waals surface area (Å²) in [6, 6.07) is 5.13. The van der Waals surface area contributed by atoms with E-state index in [1.807, 2.05) is 0 Å². The number of imidazole rings is 1. The molecule has 2 aromatic rings. The van der Waals surface area contributed by atoms with Crippen LogP contribution in [0.5, 0.6) is 0 Å². The number of rotatable bonds is 2. The normalized spacial score (nSPS) is 17.8. The van der Waals surface area contributed by atoms with E-state index in [0.29, 0.717) is 29.4 Å². The Kier molecular flexibility index (Phi) is 3.22. The fraction of sp³-hybridized carbons (Fsp3) is 0.286. The maximum atomic E-state index is 13.0. The first kappa shape index (κ1) is 13.1. The van der Waals surface area contributed by atoms with Crippen LogP contribution in [0, 0.1) is 5.82 Å². The Morgan fingerprint density at radius 3 is 2.75 bits per heavy atom. The van der Waals surface area contributed by atoms with Gasteiger partial charge in [0.05, 0.1) is 5.69 Å². The van der Waals surface area contributed by atoms with Crippen LogP contribution in [0.4, 0.5) is 4.39 Å². The second-order valence-corrected chi connectivity index (χ2v) is 5.15. The minimum atomic E-state index is -0.900. The van der Waals surface area contributed by atoms with E-state index in [1.165, 1.54) is 12.1 Å². The number of carboxylic acid groups (broad SMARTS) is 1. The lowest BCUT2D eigenvalue weighted by molar-refractivity contribution is -0.141. The van der Waals surface area contributed by atoms with Crippen LogP contribution in [-0.2, 0) is 11.2 Å². The second-order valence-electron chi connectivity index (χ2n) is 4.80. The first-order valence-corrected chi connectivity index (χ1v) is 6.71. The van der Waals surface area contributed by atoms with Crippen molar-refractivity contribution >= 4 is 17.6 Å². The smallest absolute Gasteiger partial charge is 0.326 e. The third kappa shape index (κ3) is 2.08. The lowest BCUT2D eigenvalue weighted by Crippen LogP contribution is -2.25. The van der Waals surface area contributed by atoms with Gasteiger partial charge in [-0.2, -0.15) is 0 Å². The highest BCUT2D eigenvalue weighted by molar-refractivity contribution is 6.30. The molecule has 0 amide bonds. The van der Waals surface area contributed by atoms with Gasteiger partial charge in [-0.15, -0.1) is 0 Å². The van der Waals surface area contributed by atoms with Crippen molar-refractivity contribution in [2.75, 3.05) is 0 Å². The maximum absolute atomic E-state index is 13.0. The fourth-order valence-electron chi connectivity index (χ4n) is 2.63. The number of hydrogen-bond acceptors (Lipinski definition) is 2. The Bertz CT molecular complexity index is 667. The molecule has 0 radical (unpaired) electrons. The van der Waals surface area contributed by atoms with Crippen molar-refractivity contribution in [3.8, 4) is 11.4 Å². The van der Waals surface area contributed by atoms with E-state index < -0.39 is 12.0 Å². The third-order valence-corrected chi connectivity index (χ3v) is 3.85. The summed E-state index contributed by atoms with van der Waals surface area (Å²) in [6.07, 6.45) is 2.02. The van der Waals surface area contributed by atoms with Gasteiger partial charge in [0.25, 0.3) is 0 Å². The van der Waals surface area contributed by atoms with Crippen LogP contribution >= 0.6 is 11.6 Å². The summed E-state index contributed by atoms with van der Waals surface area (Å²) in [7, 11) is 0. The summed E-state index contributed by atoms with van der Waals surface area (Å²) in [5.74, 6) is -0.763. The van der Waals surface area contributed by atoms with Gasteiger partial charge in [0.1, 0.15) is 17.7 Å². The third-order valence-electron chi connectivity index (χ3n) is 3.55. The van der Waals surface area contributed by atoms with Gasteiger partial charge in [-0.05, 0) is 43.5 Å². The van der Waals surface area contributed by atoms with E-state index >= 15 is 0 Å². The highest BCUT2D eigenvalue weighted by Gasteiger charge is 2.31. The van der Waals surface area contributed by atoms with Gasteiger partial charge in [-0.3, -0.25) is 0 Å². The van der Waals surface area contributed by atoms with Crippen LogP contribution < -0.4 is 0 Å². The van der Waals surface area contributed by atoms with Crippen LogP contribution in [0.25, 0.3) is 11.4 Å². The summed E-state index contributed by atoms with van der Waals surface area (Å²) < 4.78 is 14.7. The molecule has 0 bridgehead atoms. The number of carbonyl (C=O) groups is 1. The van der Waals surface area contributed by atoms with Gasteiger partial charge in [-0.1, -0.05) is 11.6 Å². The largest absolute Gasteiger partial charge is 0.480 e. The molecule has 0 saturated carbocycles. The highest BCUT2D eigenvalue weighted by Crippen LogP contribution is 2.35. The van der Waals surface area contributed by atoms with Crippen LogP contribution in [0.2, 0.25) is 5.15 Å². The van der Waals surface area contributed by atoms with Crippen molar-refractivity contribution < 1.29 is 14.3 Å². The number of aromatic nitrogens is 2. The van der Waals surface area contributed by atoms with E-state index in [-0.39, 0.29) is 5.82 Å². The fourth-order valence-corrected chi connectivity index (χ4v) is 2.89. The topological polar surface area (TPSA) is 55.1 Å². The Morgan fingerprint density at radius 2 is 2.10 bits per heavy atom. The quantitative estimate of drug-likeness (QED) is 0.924. The SMILES string of the molecule is O=C(O)C1CCCc2c(Cl)nc(-c3ccc(F)cc3)n21. The summed E-state index contributed by atoms with van der Waals surface area (Å²) in [4.78, 5) is 15.7. The number of hydrogen-bond donors (Lipinski definition) is 1. The first-order chi connectivity index (χ1) is 9.58. The molecule has 2 heterocycles. The second kappa shape index (κ2) is 4.90. The molecule has 0 aliphatic carbocycles. The molecule has 4 nitrogen and oxygen atoms in total. The Balaban J connectivity index is 2.17. The van der Waals surface area contributed by atoms with Crippen molar-refractivity contribution in [3.05, 3.63) is 40.9 Å². The molecule has 104 valence electrons. The van der Waals surface area contributed by atoms with Crippen LogP contribution in [0.1, 0.15) is 24.6 Å². The molecule has 1 aliphatic heterocycles. The zero-order valence-corrected chi connectivity index (χ0v) is 11.3. The van der Waals surface area contributed by atoms with E-state index in [1.54, 1.807) is 16.7 Å². The number of fused-ring (bicyclic) bond motifs is 1. The molecule has 6 heteroatoms. The molecule has 1 aromatic heterocycles. The molecule has 3 rings (SSSR count). The number of benzene rings is 1. The van der Waals surface area contributed by atoms with Gasteiger partial charge < -0.3 is 9.67 Å². The number of carboxylic acids is 1. The molecule has 1 aromatic carbocycles. The first-order valence-electron chi connectivity index (χ1n) is 6.33.